The topological polar surface area (TPSA) is 71.1 Å². The third kappa shape index (κ3) is 7.18. The molecule has 0 saturated heterocycles. The van der Waals surface area contributed by atoms with Gasteiger partial charge < -0.3 is 10.6 Å². The van der Waals surface area contributed by atoms with E-state index >= 15 is 0 Å². The molecule has 0 aromatic carbocycles. The van der Waals surface area contributed by atoms with Gasteiger partial charge in [0.1, 0.15) is 6.42 Å². The van der Waals surface area contributed by atoms with Crippen LogP contribution in [0, 0.1) is 0 Å². The van der Waals surface area contributed by atoms with Gasteiger partial charge in [-0.1, -0.05) is 25.8 Å². The van der Waals surface area contributed by atoms with Crippen LogP contribution in [-0.4, -0.2) is 23.3 Å². The molecule has 0 atom stereocenters. The average Bonchev–Trinajstić information content (AvgIpc) is 2.42. The molecule has 0 fully saturated rings. The van der Waals surface area contributed by atoms with Gasteiger partial charge in [0, 0.05) is 25.5 Å². The van der Waals surface area contributed by atoms with E-state index in [1.807, 2.05) is 12.1 Å². The molecule has 0 aliphatic heterocycles. The molecule has 0 saturated carbocycles. The van der Waals surface area contributed by atoms with Crippen LogP contribution in [0.15, 0.2) is 24.5 Å². The van der Waals surface area contributed by atoms with E-state index in [0.717, 1.165) is 24.8 Å². The Kier molecular flexibility index (Phi) is 7.24. The fourth-order valence-corrected chi connectivity index (χ4v) is 1.58. The summed E-state index contributed by atoms with van der Waals surface area (Å²) >= 11 is 0. The molecule has 0 spiro atoms. The zero-order valence-electron chi connectivity index (χ0n) is 11.3. The summed E-state index contributed by atoms with van der Waals surface area (Å²) in [5.41, 5.74) is 0.916. The number of amides is 2. The fourth-order valence-electron chi connectivity index (χ4n) is 1.58. The molecule has 1 aromatic rings. The second-order valence-corrected chi connectivity index (χ2v) is 4.37. The highest BCUT2D eigenvalue weighted by atomic mass is 16.2. The second-order valence-electron chi connectivity index (χ2n) is 4.37. The summed E-state index contributed by atoms with van der Waals surface area (Å²) in [5, 5.41) is 5.43. The predicted molar refractivity (Wildman–Crippen MR) is 73.2 cm³/mol. The van der Waals surface area contributed by atoms with Gasteiger partial charge in [0.15, 0.2) is 0 Å². The van der Waals surface area contributed by atoms with Crippen LogP contribution in [0.5, 0.6) is 0 Å². The van der Waals surface area contributed by atoms with Crippen molar-refractivity contribution in [3.05, 3.63) is 30.1 Å². The molecule has 2 N–H and O–H groups in total. The monoisotopic (exact) mass is 263 g/mol. The summed E-state index contributed by atoms with van der Waals surface area (Å²) in [6, 6.07) is 3.68. The molecule has 0 bridgehead atoms. The summed E-state index contributed by atoms with van der Waals surface area (Å²) in [5.74, 6) is -0.489. The molecule has 1 rings (SSSR count). The van der Waals surface area contributed by atoms with Gasteiger partial charge >= 0.3 is 0 Å². The number of carbonyl (C=O) groups is 2. The first kappa shape index (κ1) is 15.1. The van der Waals surface area contributed by atoms with Crippen LogP contribution in [0.3, 0.4) is 0 Å². The molecule has 0 unspecified atom stereocenters. The zero-order chi connectivity index (χ0) is 13.9. The number of carbonyl (C=O) groups excluding carboxylic acids is 2. The molecular formula is C14H21N3O2. The van der Waals surface area contributed by atoms with Gasteiger partial charge in [-0.3, -0.25) is 14.6 Å². The summed E-state index contributed by atoms with van der Waals surface area (Å²) in [7, 11) is 0. The van der Waals surface area contributed by atoms with Crippen LogP contribution >= 0.6 is 0 Å². The van der Waals surface area contributed by atoms with E-state index in [0.29, 0.717) is 13.1 Å². The third-order valence-electron chi connectivity index (χ3n) is 2.64. The Bertz CT molecular complexity index is 393. The molecule has 5 heteroatoms. The lowest BCUT2D eigenvalue weighted by Crippen LogP contribution is -2.32. The summed E-state index contributed by atoms with van der Waals surface area (Å²) in [6.45, 7) is 3.14. The average molecular weight is 263 g/mol. The molecular weight excluding hydrogens is 242 g/mol. The highest BCUT2D eigenvalue weighted by Gasteiger charge is 2.08. The molecule has 1 heterocycles. The number of nitrogens with zero attached hydrogens (tertiary/aromatic N) is 1. The first-order chi connectivity index (χ1) is 9.22. The molecule has 5 nitrogen and oxygen atoms in total. The SMILES string of the molecule is CCCCCNC(=O)CC(=O)NCc1cccnc1. The lowest BCUT2D eigenvalue weighted by atomic mass is 10.2. The molecule has 0 aliphatic carbocycles. The van der Waals surface area contributed by atoms with E-state index in [2.05, 4.69) is 22.5 Å². The minimum atomic E-state index is -0.267. The van der Waals surface area contributed by atoms with Crippen molar-refractivity contribution in [1.29, 1.82) is 0 Å². The highest BCUT2D eigenvalue weighted by molar-refractivity contribution is 5.96. The van der Waals surface area contributed by atoms with Crippen LogP contribution in [0.1, 0.15) is 38.2 Å². The lowest BCUT2D eigenvalue weighted by Gasteiger charge is -2.06. The maximum Gasteiger partial charge on any atom is 0.229 e. The highest BCUT2D eigenvalue weighted by Crippen LogP contribution is 1.95. The number of pyridine rings is 1. The molecule has 104 valence electrons. The first-order valence-corrected chi connectivity index (χ1v) is 6.64. The van der Waals surface area contributed by atoms with E-state index in [1.165, 1.54) is 0 Å². The zero-order valence-corrected chi connectivity index (χ0v) is 11.3. The van der Waals surface area contributed by atoms with Crippen LogP contribution in [-0.2, 0) is 16.1 Å². The van der Waals surface area contributed by atoms with Crippen molar-refractivity contribution in [1.82, 2.24) is 15.6 Å². The first-order valence-electron chi connectivity index (χ1n) is 6.64. The summed E-state index contributed by atoms with van der Waals surface area (Å²) in [4.78, 5) is 26.9. The number of rotatable bonds is 8. The summed E-state index contributed by atoms with van der Waals surface area (Å²) in [6.07, 6.45) is 6.40. The van der Waals surface area contributed by atoms with Crippen LogP contribution in [0.2, 0.25) is 0 Å². The van der Waals surface area contributed by atoms with Crippen LogP contribution < -0.4 is 10.6 Å². The van der Waals surface area contributed by atoms with Crippen molar-refractivity contribution in [2.75, 3.05) is 6.54 Å². The van der Waals surface area contributed by atoms with Crippen molar-refractivity contribution in [2.45, 2.75) is 39.2 Å². The summed E-state index contributed by atoms with van der Waals surface area (Å²) < 4.78 is 0. The van der Waals surface area contributed by atoms with Crippen molar-refractivity contribution in [3.8, 4) is 0 Å². The fraction of sp³-hybridized carbons (Fsp3) is 0.500. The minimum Gasteiger partial charge on any atom is -0.356 e. The van der Waals surface area contributed by atoms with Crippen molar-refractivity contribution >= 4 is 11.8 Å². The largest absolute Gasteiger partial charge is 0.356 e. The lowest BCUT2D eigenvalue weighted by molar-refractivity contribution is -0.129. The van der Waals surface area contributed by atoms with Crippen LogP contribution in [0.25, 0.3) is 0 Å². The Morgan fingerprint density at radius 3 is 2.68 bits per heavy atom. The maximum absolute atomic E-state index is 11.5. The van der Waals surface area contributed by atoms with Crippen molar-refractivity contribution in [2.24, 2.45) is 0 Å². The molecule has 0 radical (unpaired) electrons. The third-order valence-corrected chi connectivity index (χ3v) is 2.64. The Hall–Kier alpha value is -1.91. The Balaban J connectivity index is 2.15. The van der Waals surface area contributed by atoms with Gasteiger partial charge in [-0.15, -0.1) is 0 Å². The van der Waals surface area contributed by atoms with Crippen molar-refractivity contribution in [3.63, 3.8) is 0 Å². The van der Waals surface area contributed by atoms with Gasteiger partial charge in [-0.25, -0.2) is 0 Å². The predicted octanol–water partition coefficient (Wildman–Crippen LogP) is 1.39. The standard InChI is InChI=1S/C14H21N3O2/c1-2-3-4-8-16-13(18)9-14(19)17-11-12-6-5-7-15-10-12/h5-7,10H,2-4,8-9,11H2,1H3,(H,16,18)(H,17,19). The second kappa shape index (κ2) is 9.08. The number of nitrogens with one attached hydrogen (secondary N) is 2. The van der Waals surface area contributed by atoms with E-state index in [-0.39, 0.29) is 18.2 Å². The molecule has 2 amide bonds. The van der Waals surface area contributed by atoms with E-state index in [9.17, 15) is 9.59 Å². The smallest absolute Gasteiger partial charge is 0.229 e. The van der Waals surface area contributed by atoms with Gasteiger partial charge in [0.05, 0.1) is 0 Å². The molecule has 19 heavy (non-hydrogen) atoms. The maximum atomic E-state index is 11.5. The normalized spacial score (nSPS) is 9.95. The number of hydrogen-bond donors (Lipinski definition) is 2. The Labute approximate surface area is 113 Å². The van der Waals surface area contributed by atoms with E-state index < -0.39 is 0 Å². The van der Waals surface area contributed by atoms with Gasteiger partial charge in [0.25, 0.3) is 0 Å². The Morgan fingerprint density at radius 2 is 2.00 bits per heavy atom. The van der Waals surface area contributed by atoms with E-state index in [4.69, 9.17) is 0 Å². The number of aromatic nitrogens is 1. The quantitative estimate of drug-likeness (QED) is 0.550. The Morgan fingerprint density at radius 1 is 1.21 bits per heavy atom. The van der Waals surface area contributed by atoms with Gasteiger partial charge in [-0.2, -0.15) is 0 Å². The molecule has 1 aromatic heterocycles. The number of unbranched alkanes of at least 4 members (excludes halogenated alkanes) is 2. The molecule has 0 aliphatic rings. The van der Waals surface area contributed by atoms with E-state index in [1.54, 1.807) is 12.4 Å². The van der Waals surface area contributed by atoms with Crippen LogP contribution in [0.4, 0.5) is 0 Å². The van der Waals surface area contributed by atoms with Gasteiger partial charge in [0.2, 0.25) is 11.8 Å². The minimum absolute atomic E-state index is 0.119. The van der Waals surface area contributed by atoms with Gasteiger partial charge in [-0.05, 0) is 18.1 Å². The number of hydrogen-bond acceptors (Lipinski definition) is 3. The van der Waals surface area contributed by atoms with Crippen molar-refractivity contribution < 1.29 is 9.59 Å².